The lowest BCUT2D eigenvalue weighted by Gasteiger charge is -2.24. The van der Waals surface area contributed by atoms with Gasteiger partial charge in [0.1, 0.15) is 5.60 Å². The minimum atomic E-state index is -5.06. The van der Waals surface area contributed by atoms with Crippen molar-refractivity contribution in [2.75, 3.05) is 0 Å². The first-order valence-electron chi connectivity index (χ1n) is 6.85. The quantitative estimate of drug-likeness (QED) is 0.653. The summed E-state index contributed by atoms with van der Waals surface area (Å²) in [4.78, 5) is 23.3. The fraction of sp³-hybridized carbons (Fsp3) is 0.467. The Balaban J connectivity index is 3.13. The van der Waals surface area contributed by atoms with Gasteiger partial charge in [0, 0.05) is 6.42 Å². The molecule has 1 aromatic rings. The zero-order valence-corrected chi connectivity index (χ0v) is 13.2. The molecule has 0 aliphatic heterocycles. The highest BCUT2D eigenvalue weighted by Crippen LogP contribution is 2.30. The van der Waals surface area contributed by atoms with Crippen LogP contribution in [0.1, 0.15) is 38.7 Å². The normalized spacial score (nSPS) is 13.3. The number of ether oxygens (including phenoxy) is 2. The van der Waals surface area contributed by atoms with Crippen molar-refractivity contribution >= 4 is 11.9 Å². The molecule has 1 aromatic carbocycles. The molecule has 0 aromatic heterocycles. The zero-order valence-electron chi connectivity index (χ0n) is 13.2. The smallest absolute Gasteiger partial charge is 0.459 e. The second-order valence-corrected chi connectivity index (χ2v) is 5.99. The standard InChI is InChI=1S/C15H17F4NO4/c1-14(2,3)24-13(22)9(7-12(20)21)8-4-5-11(10(16)6-8)23-15(17,18)19/h4-6,9H,7H2,1-3H3,(H2,20,21). The molecule has 0 heterocycles. The first-order valence-corrected chi connectivity index (χ1v) is 6.85. The molecule has 2 N–H and O–H groups in total. The monoisotopic (exact) mass is 351 g/mol. The lowest BCUT2D eigenvalue weighted by molar-refractivity contribution is -0.275. The van der Waals surface area contributed by atoms with Crippen molar-refractivity contribution in [2.24, 2.45) is 5.73 Å². The molecule has 1 amide bonds. The third kappa shape index (κ3) is 6.43. The lowest BCUT2D eigenvalue weighted by Crippen LogP contribution is -2.30. The molecule has 9 heteroatoms. The highest BCUT2D eigenvalue weighted by molar-refractivity contribution is 5.86. The largest absolute Gasteiger partial charge is 0.573 e. The van der Waals surface area contributed by atoms with E-state index in [4.69, 9.17) is 10.5 Å². The maximum Gasteiger partial charge on any atom is 0.573 e. The van der Waals surface area contributed by atoms with Gasteiger partial charge in [0.2, 0.25) is 5.91 Å². The number of nitrogens with two attached hydrogens (primary N) is 1. The molecule has 0 saturated heterocycles. The Morgan fingerprint density at radius 3 is 2.21 bits per heavy atom. The van der Waals surface area contributed by atoms with Gasteiger partial charge in [0.15, 0.2) is 11.6 Å². The Kier molecular flexibility index (Phi) is 5.80. The van der Waals surface area contributed by atoms with Crippen LogP contribution in [0, 0.1) is 5.82 Å². The molecule has 0 fully saturated rings. The molecule has 1 atom stereocenters. The maximum atomic E-state index is 13.8. The molecular formula is C15H17F4NO4. The molecule has 0 aliphatic carbocycles. The minimum Gasteiger partial charge on any atom is -0.459 e. The van der Waals surface area contributed by atoms with Crippen LogP contribution in [0.2, 0.25) is 0 Å². The van der Waals surface area contributed by atoms with Crippen LogP contribution in [0.3, 0.4) is 0 Å². The number of primary amides is 1. The van der Waals surface area contributed by atoms with Crippen LogP contribution >= 0.6 is 0 Å². The number of esters is 1. The van der Waals surface area contributed by atoms with E-state index in [-0.39, 0.29) is 5.56 Å². The molecule has 1 rings (SSSR count). The molecule has 1 unspecified atom stereocenters. The number of alkyl halides is 3. The first-order chi connectivity index (χ1) is 10.8. The molecule has 0 aliphatic rings. The van der Waals surface area contributed by atoms with E-state index >= 15 is 0 Å². The summed E-state index contributed by atoms with van der Waals surface area (Å²) in [5.41, 5.74) is 4.15. The van der Waals surface area contributed by atoms with E-state index in [1.54, 1.807) is 20.8 Å². The van der Waals surface area contributed by atoms with Gasteiger partial charge in [-0.2, -0.15) is 0 Å². The van der Waals surface area contributed by atoms with Gasteiger partial charge >= 0.3 is 12.3 Å². The summed E-state index contributed by atoms with van der Waals surface area (Å²) in [5, 5.41) is 0. The van der Waals surface area contributed by atoms with Crippen LogP contribution in [0.5, 0.6) is 5.75 Å². The molecule has 5 nitrogen and oxygen atoms in total. The Hall–Kier alpha value is -2.32. The Morgan fingerprint density at radius 1 is 1.21 bits per heavy atom. The molecule has 134 valence electrons. The Bertz CT molecular complexity index is 623. The number of hydrogen-bond donors (Lipinski definition) is 1. The third-order valence-electron chi connectivity index (χ3n) is 2.68. The summed E-state index contributed by atoms with van der Waals surface area (Å²) in [6, 6.07) is 2.44. The highest BCUT2D eigenvalue weighted by atomic mass is 19.4. The third-order valence-corrected chi connectivity index (χ3v) is 2.68. The van der Waals surface area contributed by atoms with Crippen molar-refractivity contribution in [1.82, 2.24) is 0 Å². The van der Waals surface area contributed by atoms with Crippen molar-refractivity contribution in [2.45, 2.75) is 45.1 Å². The Labute approximate surface area is 135 Å². The summed E-state index contributed by atoms with van der Waals surface area (Å²) < 4.78 is 58.8. The summed E-state index contributed by atoms with van der Waals surface area (Å²) in [5.74, 6) is -5.31. The molecule has 24 heavy (non-hydrogen) atoms. The fourth-order valence-corrected chi connectivity index (χ4v) is 1.85. The number of benzene rings is 1. The van der Waals surface area contributed by atoms with Gasteiger partial charge in [0.05, 0.1) is 5.92 Å². The van der Waals surface area contributed by atoms with E-state index in [1.807, 2.05) is 0 Å². The van der Waals surface area contributed by atoms with Gasteiger partial charge in [-0.1, -0.05) is 6.07 Å². The number of carbonyl (C=O) groups excluding carboxylic acids is 2. The summed E-state index contributed by atoms with van der Waals surface area (Å²) in [7, 11) is 0. The van der Waals surface area contributed by atoms with Crippen LogP contribution in [0.25, 0.3) is 0 Å². The first kappa shape index (κ1) is 19.7. The molecule has 0 spiro atoms. The fourth-order valence-electron chi connectivity index (χ4n) is 1.85. The van der Waals surface area contributed by atoms with Crippen molar-refractivity contribution in [1.29, 1.82) is 0 Å². The maximum absolute atomic E-state index is 13.8. The average Bonchev–Trinajstić information content (AvgIpc) is 2.34. The predicted octanol–water partition coefficient (Wildman–Crippen LogP) is 3.03. The van der Waals surface area contributed by atoms with Crippen molar-refractivity contribution in [3.63, 3.8) is 0 Å². The van der Waals surface area contributed by atoms with Crippen LogP contribution in [-0.2, 0) is 14.3 Å². The van der Waals surface area contributed by atoms with E-state index in [0.29, 0.717) is 6.07 Å². The van der Waals surface area contributed by atoms with Gasteiger partial charge < -0.3 is 15.2 Å². The topological polar surface area (TPSA) is 78.6 Å². The van der Waals surface area contributed by atoms with Gasteiger partial charge in [-0.05, 0) is 38.5 Å². The highest BCUT2D eigenvalue weighted by Gasteiger charge is 2.33. The van der Waals surface area contributed by atoms with Crippen LogP contribution < -0.4 is 10.5 Å². The minimum absolute atomic E-state index is 0.0462. The van der Waals surface area contributed by atoms with Crippen LogP contribution in [-0.4, -0.2) is 23.8 Å². The SMILES string of the molecule is CC(C)(C)OC(=O)C(CC(N)=O)c1ccc(OC(F)(F)F)c(F)c1. The average molecular weight is 351 g/mol. The van der Waals surface area contributed by atoms with E-state index in [9.17, 15) is 27.2 Å². The number of hydrogen-bond acceptors (Lipinski definition) is 4. The molecule has 0 radical (unpaired) electrons. The van der Waals surface area contributed by atoms with Gasteiger partial charge in [-0.3, -0.25) is 9.59 Å². The zero-order chi connectivity index (χ0) is 18.7. The van der Waals surface area contributed by atoms with E-state index in [1.165, 1.54) is 0 Å². The van der Waals surface area contributed by atoms with Crippen LogP contribution in [0.15, 0.2) is 18.2 Å². The van der Waals surface area contributed by atoms with E-state index in [0.717, 1.165) is 12.1 Å². The number of carbonyl (C=O) groups is 2. The summed E-state index contributed by atoms with van der Waals surface area (Å²) in [6.45, 7) is 4.77. The summed E-state index contributed by atoms with van der Waals surface area (Å²) in [6.07, 6.45) is -5.53. The van der Waals surface area contributed by atoms with E-state index in [2.05, 4.69) is 4.74 Å². The molecular weight excluding hydrogens is 334 g/mol. The number of amides is 1. The second-order valence-electron chi connectivity index (χ2n) is 5.99. The lowest BCUT2D eigenvalue weighted by atomic mass is 9.95. The second kappa shape index (κ2) is 7.06. The van der Waals surface area contributed by atoms with Gasteiger partial charge in [-0.15, -0.1) is 13.2 Å². The number of halogens is 4. The molecule has 0 saturated carbocycles. The molecule has 0 bridgehead atoms. The van der Waals surface area contributed by atoms with Crippen molar-refractivity contribution in [3.8, 4) is 5.75 Å². The number of rotatable bonds is 5. The van der Waals surface area contributed by atoms with Crippen LogP contribution in [0.4, 0.5) is 17.6 Å². The van der Waals surface area contributed by atoms with Crippen molar-refractivity contribution < 1.29 is 36.6 Å². The Morgan fingerprint density at radius 2 is 1.79 bits per heavy atom. The van der Waals surface area contributed by atoms with Crippen molar-refractivity contribution in [3.05, 3.63) is 29.6 Å². The van der Waals surface area contributed by atoms with Gasteiger partial charge in [0.25, 0.3) is 0 Å². The summed E-state index contributed by atoms with van der Waals surface area (Å²) >= 11 is 0. The predicted molar refractivity (Wildman–Crippen MR) is 75.5 cm³/mol. The van der Waals surface area contributed by atoms with Gasteiger partial charge in [-0.25, -0.2) is 4.39 Å². The van der Waals surface area contributed by atoms with E-state index < -0.39 is 47.7 Å².